The second-order valence-electron chi connectivity index (χ2n) is 5.24. The molecule has 0 aromatic rings. The maximum Gasteiger partial charge on any atom is 0.0876 e. The molecule has 13 heavy (non-hydrogen) atoms. The SMILES string of the molecule is CCC1C=CC(O)(C(C)(C)C)CC1. The summed E-state index contributed by atoms with van der Waals surface area (Å²) in [5, 5.41) is 10.3. The first-order chi connectivity index (χ1) is 5.89. The molecule has 1 aliphatic rings. The molecule has 0 saturated carbocycles. The summed E-state index contributed by atoms with van der Waals surface area (Å²) >= 11 is 0. The Morgan fingerprint density at radius 1 is 1.46 bits per heavy atom. The monoisotopic (exact) mass is 182 g/mol. The van der Waals surface area contributed by atoms with Crippen molar-refractivity contribution in [3.63, 3.8) is 0 Å². The second kappa shape index (κ2) is 3.45. The van der Waals surface area contributed by atoms with E-state index in [1.807, 2.05) is 6.08 Å². The highest BCUT2D eigenvalue weighted by Gasteiger charge is 2.39. The Morgan fingerprint density at radius 2 is 2.08 bits per heavy atom. The molecule has 76 valence electrons. The number of allylic oxidation sites excluding steroid dienone is 1. The van der Waals surface area contributed by atoms with Gasteiger partial charge in [-0.1, -0.05) is 39.8 Å². The van der Waals surface area contributed by atoms with Crippen molar-refractivity contribution in [1.82, 2.24) is 0 Å². The second-order valence-corrected chi connectivity index (χ2v) is 5.24. The van der Waals surface area contributed by atoms with Gasteiger partial charge in [0, 0.05) is 0 Å². The average Bonchev–Trinajstić information content (AvgIpc) is 2.04. The lowest BCUT2D eigenvalue weighted by Gasteiger charge is -2.41. The standard InChI is InChI=1S/C12H22O/c1-5-10-6-8-12(13,9-7-10)11(2,3)4/h6,8,10,13H,5,7,9H2,1-4H3. The average molecular weight is 182 g/mol. The lowest BCUT2D eigenvalue weighted by Crippen LogP contribution is -2.42. The van der Waals surface area contributed by atoms with Crippen LogP contribution >= 0.6 is 0 Å². The van der Waals surface area contributed by atoms with Gasteiger partial charge in [0.15, 0.2) is 0 Å². The fraction of sp³-hybridized carbons (Fsp3) is 0.833. The van der Waals surface area contributed by atoms with Crippen LogP contribution in [0.5, 0.6) is 0 Å². The van der Waals surface area contributed by atoms with Crippen molar-refractivity contribution < 1.29 is 5.11 Å². The van der Waals surface area contributed by atoms with Crippen molar-refractivity contribution in [2.45, 2.75) is 52.6 Å². The summed E-state index contributed by atoms with van der Waals surface area (Å²) in [7, 11) is 0. The quantitative estimate of drug-likeness (QED) is 0.618. The summed E-state index contributed by atoms with van der Waals surface area (Å²) in [6.07, 6.45) is 7.43. The first kappa shape index (κ1) is 10.8. The molecular formula is C12H22O. The Hall–Kier alpha value is -0.300. The maximum absolute atomic E-state index is 10.3. The van der Waals surface area contributed by atoms with Gasteiger partial charge in [0.25, 0.3) is 0 Å². The normalized spacial score (nSPS) is 35.0. The molecule has 1 heteroatoms. The van der Waals surface area contributed by atoms with E-state index in [1.165, 1.54) is 6.42 Å². The van der Waals surface area contributed by atoms with Gasteiger partial charge in [-0.05, 0) is 30.6 Å². The van der Waals surface area contributed by atoms with E-state index in [2.05, 4.69) is 33.8 Å². The van der Waals surface area contributed by atoms with Crippen LogP contribution in [-0.4, -0.2) is 10.7 Å². The number of hydrogen-bond donors (Lipinski definition) is 1. The van der Waals surface area contributed by atoms with Crippen LogP contribution in [0.4, 0.5) is 0 Å². The first-order valence-electron chi connectivity index (χ1n) is 5.31. The predicted octanol–water partition coefficient (Wildman–Crippen LogP) is 3.14. The third kappa shape index (κ3) is 2.14. The van der Waals surface area contributed by atoms with Gasteiger partial charge in [-0.25, -0.2) is 0 Å². The minimum Gasteiger partial charge on any atom is -0.385 e. The van der Waals surface area contributed by atoms with Crippen molar-refractivity contribution in [2.75, 3.05) is 0 Å². The molecule has 0 fully saturated rings. The van der Waals surface area contributed by atoms with Crippen LogP contribution in [0.1, 0.15) is 47.0 Å². The molecule has 0 amide bonds. The van der Waals surface area contributed by atoms with Crippen molar-refractivity contribution in [2.24, 2.45) is 11.3 Å². The zero-order chi connectivity index (χ0) is 10.1. The molecule has 1 N–H and O–H groups in total. The minimum absolute atomic E-state index is 0.0395. The molecule has 0 saturated heterocycles. The van der Waals surface area contributed by atoms with E-state index in [0.29, 0.717) is 5.92 Å². The summed E-state index contributed by atoms with van der Waals surface area (Å²) in [5.74, 6) is 0.683. The van der Waals surface area contributed by atoms with E-state index in [0.717, 1.165) is 12.8 Å². The summed E-state index contributed by atoms with van der Waals surface area (Å²) in [6, 6.07) is 0. The summed E-state index contributed by atoms with van der Waals surface area (Å²) in [4.78, 5) is 0. The van der Waals surface area contributed by atoms with E-state index in [1.54, 1.807) is 0 Å². The fourth-order valence-corrected chi connectivity index (χ4v) is 1.85. The molecule has 2 atom stereocenters. The predicted molar refractivity (Wildman–Crippen MR) is 56.6 cm³/mol. The van der Waals surface area contributed by atoms with E-state index in [4.69, 9.17) is 0 Å². The third-order valence-corrected chi connectivity index (χ3v) is 3.36. The molecule has 0 spiro atoms. The highest BCUT2D eigenvalue weighted by Crippen LogP contribution is 2.39. The molecule has 0 bridgehead atoms. The van der Waals surface area contributed by atoms with Gasteiger partial charge in [-0.3, -0.25) is 0 Å². The Morgan fingerprint density at radius 3 is 2.38 bits per heavy atom. The third-order valence-electron chi connectivity index (χ3n) is 3.36. The fourth-order valence-electron chi connectivity index (χ4n) is 1.85. The number of aliphatic hydroxyl groups is 1. The Bertz CT molecular complexity index is 200. The molecule has 0 aliphatic heterocycles. The number of rotatable bonds is 1. The molecule has 0 radical (unpaired) electrons. The van der Waals surface area contributed by atoms with Crippen LogP contribution < -0.4 is 0 Å². The van der Waals surface area contributed by atoms with E-state index in [-0.39, 0.29) is 5.41 Å². The first-order valence-corrected chi connectivity index (χ1v) is 5.31. The van der Waals surface area contributed by atoms with Crippen LogP contribution in [0.25, 0.3) is 0 Å². The minimum atomic E-state index is -0.585. The Labute approximate surface area is 81.9 Å². The van der Waals surface area contributed by atoms with Crippen molar-refractivity contribution in [1.29, 1.82) is 0 Å². The number of hydrogen-bond acceptors (Lipinski definition) is 1. The van der Waals surface area contributed by atoms with Gasteiger partial charge < -0.3 is 5.11 Å². The molecule has 0 heterocycles. The van der Waals surface area contributed by atoms with Gasteiger partial charge in [-0.15, -0.1) is 0 Å². The highest BCUT2D eigenvalue weighted by atomic mass is 16.3. The maximum atomic E-state index is 10.3. The lowest BCUT2D eigenvalue weighted by molar-refractivity contribution is -0.0294. The summed E-state index contributed by atoms with van der Waals surface area (Å²) < 4.78 is 0. The van der Waals surface area contributed by atoms with Gasteiger partial charge in [0.1, 0.15) is 0 Å². The van der Waals surface area contributed by atoms with Crippen LogP contribution in [0.3, 0.4) is 0 Å². The molecule has 2 unspecified atom stereocenters. The van der Waals surface area contributed by atoms with E-state index in [9.17, 15) is 5.11 Å². The van der Waals surface area contributed by atoms with Crippen LogP contribution in [-0.2, 0) is 0 Å². The van der Waals surface area contributed by atoms with Gasteiger partial charge in [0.2, 0.25) is 0 Å². The largest absolute Gasteiger partial charge is 0.385 e. The molecule has 0 aromatic heterocycles. The topological polar surface area (TPSA) is 20.2 Å². The molecule has 1 aliphatic carbocycles. The molecule has 1 nitrogen and oxygen atoms in total. The Balaban J connectivity index is 2.75. The molecule has 0 aromatic carbocycles. The van der Waals surface area contributed by atoms with Crippen molar-refractivity contribution in [3.8, 4) is 0 Å². The van der Waals surface area contributed by atoms with Crippen molar-refractivity contribution in [3.05, 3.63) is 12.2 Å². The zero-order valence-corrected chi connectivity index (χ0v) is 9.30. The van der Waals surface area contributed by atoms with Crippen molar-refractivity contribution >= 4 is 0 Å². The molecular weight excluding hydrogens is 160 g/mol. The van der Waals surface area contributed by atoms with Crippen LogP contribution in [0, 0.1) is 11.3 Å². The van der Waals surface area contributed by atoms with Gasteiger partial charge in [0.05, 0.1) is 5.60 Å². The zero-order valence-electron chi connectivity index (χ0n) is 9.30. The highest BCUT2D eigenvalue weighted by molar-refractivity contribution is 5.12. The van der Waals surface area contributed by atoms with Crippen LogP contribution in [0.2, 0.25) is 0 Å². The Kier molecular flexibility index (Phi) is 2.86. The van der Waals surface area contributed by atoms with E-state index >= 15 is 0 Å². The van der Waals surface area contributed by atoms with Crippen LogP contribution in [0.15, 0.2) is 12.2 Å². The lowest BCUT2D eigenvalue weighted by atomic mass is 9.69. The van der Waals surface area contributed by atoms with E-state index < -0.39 is 5.60 Å². The summed E-state index contributed by atoms with van der Waals surface area (Å²) in [5.41, 5.74) is -0.624. The molecule has 1 rings (SSSR count). The smallest absolute Gasteiger partial charge is 0.0876 e. The van der Waals surface area contributed by atoms with Gasteiger partial charge >= 0.3 is 0 Å². The summed E-state index contributed by atoms with van der Waals surface area (Å²) in [6.45, 7) is 8.51. The van der Waals surface area contributed by atoms with Gasteiger partial charge in [-0.2, -0.15) is 0 Å².